The van der Waals surface area contributed by atoms with Crippen molar-refractivity contribution < 1.29 is 4.79 Å². The van der Waals surface area contributed by atoms with Gasteiger partial charge in [-0.2, -0.15) is 0 Å². The van der Waals surface area contributed by atoms with Crippen LogP contribution in [0.25, 0.3) is 0 Å². The molecule has 0 aliphatic rings. The third kappa shape index (κ3) is 5.36. The highest BCUT2D eigenvalue weighted by molar-refractivity contribution is 14.0. The van der Waals surface area contributed by atoms with Crippen LogP contribution in [-0.4, -0.2) is 11.9 Å². The Balaban J connectivity index is 0.00000242. The Hall–Kier alpha value is -2.09. The average Bonchev–Trinajstić information content (AvgIpc) is 2.48. The van der Waals surface area contributed by atoms with Crippen LogP contribution in [0, 0.1) is 6.92 Å². The number of nitrogens with two attached hydrogens (primary N) is 2. The predicted octanol–water partition coefficient (Wildman–Crippen LogP) is 2.64. The van der Waals surface area contributed by atoms with E-state index in [1.165, 1.54) is 5.56 Å². The van der Waals surface area contributed by atoms with E-state index < -0.39 is 5.91 Å². The molecule has 0 unspecified atom stereocenters. The molecule has 2 aromatic rings. The number of aliphatic imine (C=N–C) groups is 1. The summed E-state index contributed by atoms with van der Waals surface area (Å²) in [5.41, 5.74) is 14.5. The summed E-state index contributed by atoms with van der Waals surface area (Å²) in [5, 5.41) is 3.02. The van der Waals surface area contributed by atoms with Crippen molar-refractivity contribution in [3.05, 3.63) is 65.2 Å². The summed E-state index contributed by atoms with van der Waals surface area (Å²) in [7, 11) is 0. The van der Waals surface area contributed by atoms with Gasteiger partial charge in [0.15, 0.2) is 5.96 Å². The SMILES string of the molecule is Cc1ccc(NC(N)=NCc2ccc(C(N)=O)cc2)cc1.I. The molecule has 2 aromatic carbocycles. The van der Waals surface area contributed by atoms with Gasteiger partial charge in [0.2, 0.25) is 5.91 Å². The number of benzene rings is 2. The molecule has 0 spiro atoms. The first-order valence-corrected chi connectivity index (χ1v) is 6.57. The van der Waals surface area contributed by atoms with Gasteiger partial charge in [0.25, 0.3) is 0 Å². The number of nitrogens with one attached hydrogen (secondary N) is 1. The molecule has 0 bridgehead atoms. The Kier molecular flexibility index (Phi) is 6.84. The average molecular weight is 410 g/mol. The molecule has 6 heteroatoms. The van der Waals surface area contributed by atoms with Crippen LogP contribution in [0.2, 0.25) is 0 Å². The van der Waals surface area contributed by atoms with Gasteiger partial charge in [0.1, 0.15) is 0 Å². The van der Waals surface area contributed by atoms with Crippen LogP contribution in [-0.2, 0) is 6.54 Å². The van der Waals surface area contributed by atoms with Gasteiger partial charge in [-0.25, -0.2) is 4.99 Å². The zero-order valence-corrected chi connectivity index (χ0v) is 14.6. The van der Waals surface area contributed by atoms with Gasteiger partial charge < -0.3 is 16.8 Å². The van der Waals surface area contributed by atoms with Crippen LogP contribution >= 0.6 is 24.0 Å². The van der Waals surface area contributed by atoms with Crippen LogP contribution in [0.5, 0.6) is 0 Å². The van der Waals surface area contributed by atoms with Crippen LogP contribution in [0.3, 0.4) is 0 Å². The number of carbonyl (C=O) groups excluding carboxylic acids is 1. The van der Waals surface area contributed by atoms with Gasteiger partial charge in [-0.1, -0.05) is 29.8 Å². The number of guanidine groups is 1. The van der Waals surface area contributed by atoms with E-state index in [-0.39, 0.29) is 24.0 Å². The van der Waals surface area contributed by atoms with Crippen molar-refractivity contribution in [3.8, 4) is 0 Å². The molecule has 0 saturated heterocycles. The first-order chi connectivity index (χ1) is 10.0. The zero-order chi connectivity index (χ0) is 15.2. The minimum atomic E-state index is -0.439. The third-order valence-electron chi connectivity index (χ3n) is 2.99. The van der Waals surface area contributed by atoms with E-state index in [1.807, 2.05) is 43.3 Å². The molecule has 0 atom stereocenters. The number of primary amides is 1. The summed E-state index contributed by atoms with van der Waals surface area (Å²) in [4.78, 5) is 15.2. The summed E-state index contributed by atoms with van der Waals surface area (Å²) >= 11 is 0. The predicted molar refractivity (Wildman–Crippen MR) is 101 cm³/mol. The Bertz CT molecular complexity index is 651. The van der Waals surface area contributed by atoms with E-state index in [0.717, 1.165) is 11.3 Å². The normalized spacial score (nSPS) is 10.7. The Morgan fingerprint density at radius 2 is 1.64 bits per heavy atom. The number of nitrogens with zero attached hydrogens (tertiary/aromatic N) is 1. The number of carbonyl (C=O) groups is 1. The van der Waals surface area contributed by atoms with Crippen molar-refractivity contribution in [2.24, 2.45) is 16.5 Å². The van der Waals surface area contributed by atoms with E-state index in [9.17, 15) is 4.79 Å². The van der Waals surface area contributed by atoms with Gasteiger partial charge in [-0.05, 0) is 36.8 Å². The number of rotatable bonds is 4. The van der Waals surface area contributed by atoms with Crippen LogP contribution in [0.15, 0.2) is 53.5 Å². The number of halogens is 1. The lowest BCUT2D eigenvalue weighted by molar-refractivity contribution is 0.100. The number of aryl methyl sites for hydroxylation is 1. The van der Waals surface area contributed by atoms with Crippen molar-refractivity contribution in [2.75, 3.05) is 5.32 Å². The molecule has 0 aliphatic carbocycles. The van der Waals surface area contributed by atoms with Gasteiger partial charge in [-0.15, -0.1) is 24.0 Å². The highest BCUT2D eigenvalue weighted by atomic mass is 127. The highest BCUT2D eigenvalue weighted by Gasteiger charge is 2.00. The Morgan fingerprint density at radius 1 is 1.05 bits per heavy atom. The lowest BCUT2D eigenvalue weighted by Crippen LogP contribution is -2.22. The maximum absolute atomic E-state index is 11.0. The largest absolute Gasteiger partial charge is 0.370 e. The minimum absolute atomic E-state index is 0. The lowest BCUT2D eigenvalue weighted by Gasteiger charge is -2.06. The zero-order valence-electron chi connectivity index (χ0n) is 12.2. The molecular formula is C16H19IN4O. The third-order valence-corrected chi connectivity index (χ3v) is 2.99. The number of hydrogen-bond donors (Lipinski definition) is 3. The molecule has 0 saturated carbocycles. The number of amides is 1. The van der Waals surface area contributed by atoms with E-state index in [1.54, 1.807) is 12.1 Å². The monoisotopic (exact) mass is 410 g/mol. The molecule has 22 heavy (non-hydrogen) atoms. The Labute approximate surface area is 146 Å². The van der Waals surface area contributed by atoms with Crippen LogP contribution in [0.4, 0.5) is 5.69 Å². The van der Waals surface area contributed by atoms with Crippen molar-refractivity contribution in [1.29, 1.82) is 0 Å². The molecule has 1 amide bonds. The summed E-state index contributed by atoms with van der Waals surface area (Å²) in [5.74, 6) is -0.0940. The molecule has 2 rings (SSSR count). The topological polar surface area (TPSA) is 93.5 Å². The molecule has 0 fully saturated rings. The van der Waals surface area contributed by atoms with Gasteiger partial charge in [0, 0.05) is 11.3 Å². The first-order valence-electron chi connectivity index (χ1n) is 6.57. The minimum Gasteiger partial charge on any atom is -0.370 e. The fraction of sp³-hybridized carbons (Fsp3) is 0.125. The van der Waals surface area contributed by atoms with Gasteiger partial charge in [0.05, 0.1) is 6.54 Å². The lowest BCUT2D eigenvalue weighted by atomic mass is 10.1. The van der Waals surface area contributed by atoms with E-state index in [2.05, 4.69) is 10.3 Å². The summed E-state index contributed by atoms with van der Waals surface area (Å²) in [6.07, 6.45) is 0. The maximum atomic E-state index is 11.0. The van der Waals surface area contributed by atoms with Crippen molar-refractivity contribution in [1.82, 2.24) is 0 Å². The second kappa shape index (κ2) is 8.38. The maximum Gasteiger partial charge on any atom is 0.248 e. The van der Waals surface area contributed by atoms with Crippen molar-refractivity contribution in [3.63, 3.8) is 0 Å². The van der Waals surface area contributed by atoms with Crippen molar-refractivity contribution in [2.45, 2.75) is 13.5 Å². The fourth-order valence-electron chi connectivity index (χ4n) is 1.78. The van der Waals surface area contributed by atoms with Crippen LogP contribution in [0.1, 0.15) is 21.5 Å². The molecule has 5 nitrogen and oxygen atoms in total. The summed E-state index contributed by atoms with van der Waals surface area (Å²) in [6.45, 7) is 2.46. The smallest absolute Gasteiger partial charge is 0.248 e. The fourth-order valence-corrected chi connectivity index (χ4v) is 1.78. The molecule has 0 aromatic heterocycles. The van der Waals surface area contributed by atoms with Crippen LogP contribution < -0.4 is 16.8 Å². The molecular weight excluding hydrogens is 391 g/mol. The second-order valence-corrected chi connectivity index (χ2v) is 4.75. The number of anilines is 1. The second-order valence-electron chi connectivity index (χ2n) is 4.75. The quantitative estimate of drug-likeness (QED) is 0.411. The van der Waals surface area contributed by atoms with Gasteiger partial charge in [-0.3, -0.25) is 4.79 Å². The first kappa shape index (κ1) is 18.0. The van der Waals surface area contributed by atoms with Crippen molar-refractivity contribution >= 4 is 41.5 Å². The highest BCUT2D eigenvalue weighted by Crippen LogP contribution is 2.09. The molecule has 0 radical (unpaired) electrons. The Morgan fingerprint density at radius 3 is 2.18 bits per heavy atom. The standard InChI is InChI=1S/C16H18N4O.HI/c1-11-2-8-14(9-3-11)20-16(18)19-10-12-4-6-13(7-5-12)15(17)21;/h2-9H,10H2,1H3,(H2,17,21)(H3,18,19,20);1H. The summed E-state index contributed by atoms with van der Waals surface area (Å²) in [6, 6.07) is 14.9. The molecule has 0 aliphatic heterocycles. The molecule has 5 N–H and O–H groups in total. The molecule has 0 heterocycles. The molecule has 116 valence electrons. The van der Waals surface area contributed by atoms with E-state index >= 15 is 0 Å². The van der Waals surface area contributed by atoms with Gasteiger partial charge >= 0.3 is 0 Å². The summed E-state index contributed by atoms with van der Waals surface area (Å²) < 4.78 is 0. The number of hydrogen-bond acceptors (Lipinski definition) is 2. The van der Waals surface area contributed by atoms with E-state index in [4.69, 9.17) is 11.5 Å². The van der Waals surface area contributed by atoms with E-state index in [0.29, 0.717) is 18.1 Å².